The van der Waals surface area contributed by atoms with Gasteiger partial charge in [-0.05, 0) is 25.0 Å². The van der Waals surface area contributed by atoms with Crippen molar-refractivity contribution in [2.24, 2.45) is 0 Å². The number of nitrogens with one attached hydrogen (secondary N) is 1. The quantitative estimate of drug-likeness (QED) is 0.752. The number of rotatable bonds is 1. The molecule has 0 saturated carbocycles. The summed E-state index contributed by atoms with van der Waals surface area (Å²) in [5.41, 5.74) is 0.873. The highest BCUT2D eigenvalue weighted by molar-refractivity contribution is 9.11. The Kier molecular flexibility index (Phi) is 3.96. The molecule has 1 N–H and O–H groups in total. The van der Waals surface area contributed by atoms with E-state index >= 15 is 0 Å². The molecule has 0 heterocycles. The van der Waals surface area contributed by atoms with Gasteiger partial charge in [-0.3, -0.25) is 4.79 Å². The van der Waals surface area contributed by atoms with E-state index in [1.54, 1.807) is 0 Å². The number of carbonyl (C=O) groups is 1. The molecule has 0 bridgehead atoms. The first kappa shape index (κ1) is 10.3. The average Bonchev–Trinajstić information content (AvgIpc) is 2.03. The summed E-state index contributed by atoms with van der Waals surface area (Å²) in [6, 6.07) is 0. The Labute approximate surface area is 86.5 Å². The van der Waals surface area contributed by atoms with Crippen LogP contribution in [0.3, 0.4) is 0 Å². The van der Waals surface area contributed by atoms with Crippen molar-refractivity contribution in [3.63, 3.8) is 0 Å². The monoisotopic (exact) mass is 241 g/mol. The smallest absolute Gasteiger partial charge is 0.221 e. The average molecular weight is 242 g/mol. The third-order valence-electron chi connectivity index (χ3n) is 1.61. The van der Waals surface area contributed by atoms with Crippen LogP contribution in [0.2, 0.25) is 0 Å². The Balaban J connectivity index is 2.69. The van der Waals surface area contributed by atoms with Crippen LogP contribution in [-0.4, -0.2) is 5.91 Å². The van der Waals surface area contributed by atoms with Gasteiger partial charge in [0.2, 0.25) is 5.91 Å². The van der Waals surface area contributed by atoms with Gasteiger partial charge in [0.1, 0.15) is 0 Å². The highest BCUT2D eigenvalue weighted by atomic mass is 79.9. The van der Waals surface area contributed by atoms with Crippen molar-refractivity contribution in [3.05, 3.63) is 34.5 Å². The van der Waals surface area contributed by atoms with Crippen LogP contribution in [0.25, 0.3) is 0 Å². The molecule has 0 radical (unpaired) electrons. The summed E-state index contributed by atoms with van der Waals surface area (Å²) in [5, 5.41) is 2.76. The molecule has 70 valence electrons. The molecule has 0 aliphatic heterocycles. The summed E-state index contributed by atoms with van der Waals surface area (Å²) in [6.45, 7) is 1.51. The molecule has 0 aromatic carbocycles. The van der Waals surface area contributed by atoms with Crippen molar-refractivity contribution in [1.82, 2.24) is 5.32 Å². The molecule has 1 rings (SSSR count). The fraction of sp³-hybridized carbons (Fsp3) is 0.300. The topological polar surface area (TPSA) is 29.1 Å². The van der Waals surface area contributed by atoms with Gasteiger partial charge in [0.25, 0.3) is 0 Å². The summed E-state index contributed by atoms with van der Waals surface area (Å²) in [4.78, 5) is 10.8. The van der Waals surface area contributed by atoms with Gasteiger partial charge >= 0.3 is 0 Å². The van der Waals surface area contributed by atoms with E-state index in [0.717, 1.165) is 23.0 Å². The third-order valence-corrected chi connectivity index (χ3v) is 2.20. The lowest BCUT2D eigenvalue weighted by molar-refractivity contribution is -0.118. The van der Waals surface area contributed by atoms with Crippen LogP contribution in [0.5, 0.6) is 0 Å². The Hall–Kier alpha value is -0.830. The van der Waals surface area contributed by atoms with Gasteiger partial charge in [-0.15, -0.1) is 0 Å². The van der Waals surface area contributed by atoms with Gasteiger partial charge in [0.15, 0.2) is 0 Å². The summed E-state index contributed by atoms with van der Waals surface area (Å²) >= 11 is 3.40. The number of halogens is 1. The van der Waals surface area contributed by atoms with Crippen LogP contribution in [0.1, 0.15) is 19.8 Å². The van der Waals surface area contributed by atoms with Gasteiger partial charge < -0.3 is 5.32 Å². The Morgan fingerprint density at radius 3 is 2.77 bits per heavy atom. The van der Waals surface area contributed by atoms with E-state index in [9.17, 15) is 4.79 Å². The second-order valence-corrected chi connectivity index (χ2v) is 3.76. The molecular formula is C10H12BrNO. The maximum absolute atomic E-state index is 10.8. The number of allylic oxidation sites excluding steroid dienone is 5. The van der Waals surface area contributed by atoms with Crippen molar-refractivity contribution in [3.8, 4) is 0 Å². The van der Waals surface area contributed by atoms with Crippen LogP contribution in [0.15, 0.2) is 34.5 Å². The Bertz CT molecular complexity index is 289. The van der Waals surface area contributed by atoms with Gasteiger partial charge in [0, 0.05) is 17.1 Å². The SMILES string of the molecule is CC(=O)NC1=C/CC/C=C(Br)/C=C\1. The number of amides is 1. The molecule has 0 saturated heterocycles. The molecule has 1 amide bonds. The first-order valence-corrected chi connectivity index (χ1v) is 4.99. The van der Waals surface area contributed by atoms with Crippen molar-refractivity contribution in [2.45, 2.75) is 19.8 Å². The van der Waals surface area contributed by atoms with E-state index in [4.69, 9.17) is 0 Å². The summed E-state index contributed by atoms with van der Waals surface area (Å²) in [6.07, 6.45) is 9.90. The molecule has 0 spiro atoms. The molecule has 2 nitrogen and oxygen atoms in total. The minimum atomic E-state index is -0.0309. The zero-order valence-corrected chi connectivity index (χ0v) is 9.10. The highest BCUT2D eigenvalue weighted by Gasteiger charge is 1.97. The summed E-state index contributed by atoms with van der Waals surface area (Å²) in [7, 11) is 0. The molecule has 1 aliphatic carbocycles. The van der Waals surface area contributed by atoms with E-state index in [-0.39, 0.29) is 5.91 Å². The molecule has 1 aliphatic rings. The minimum Gasteiger partial charge on any atom is -0.327 e. The molecule has 0 atom stereocenters. The van der Waals surface area contributed by atoms with Crippen LogP contribution in [-0.2, 0) is 4.79 Å². The van der Waals surface area contributed by atoms with Crippen molar-refractivity contribution in [2.75, 3.05) is 0 Å². The number of carbonyl (C=O) groups excluding carboxylic acids is 1. The normalized spacial score (nSPS) is 27.2. The van der Waals surface area contributed by atoms with Crippen LogP contribution < -0.4 is 5.32 Å². The second-order valence-electron chi connectivity index (χ2n) is 2.84. The fourth-order valence-corrected chi connectivity index (χ4v) is 1.42. The lowest BCUT2D eigenvalue weighted by Crippen LogP contribution is -2.17. The zero-order chi connectivity index (χ0) is 9.68. The summed E-state index contributed by atoms with van der Waals surface area (Å²) in [5.74, 6) is -0.0309. The summed E-state index contributed by atoms with van der Waals surface area (Å²) < 4.78 is 1.06. The second kappa shape index (κ2) is 5.02. The van der Waals surface area contributed by atoms with Crippen molar-refractivity contribution >= 4 is 21.8 Å². The molecular weight excluding hydrogens is 230 g/mol. The predicted molar refractivity (Wildman–Crippen MR) is 57.3 cm³/mol. The largest absolute Gasteiger partial charge is 0.327 e. The molecule has 13 heavy (non-hydrogen) atoms. The van der Waals surface area contributed by atoms with Gasteiger partial charge in [-0.25, -0.2) is 0 Å². The van der Waals surface area contributed by atoms with E-state index in [2.05, 4.69) is 27.3 Å². The molecule has 0 aromatic heterocycles. The van der Waals surface area contributed by atoms with Gasteiger partial charge in [-0.2, -0.15) is 0 Å². The highest BCUT2D eigenvalue weighted by Crippen LogP contribution is 2.13. The molecule has 0 unspecified atom stereocenters. The van der Waals surface area contributed by atoms with E-state index in [1.807, 2.05) is 18.2 Å². The first-order valence-electron chi connectivity index (χ1n) is 4.20. The predicted octanol–water partition coefficient (Wildman–Crippen LogP) is 2.64. The van der Waals surface area contributed by atoms with Crippen molar-refractivity contribution in [1.29, 1.82) is 0 Å². The van der Waals surface area contributed by atoms with Crippen molar-refractivity contribution < 1.29 is 4.79 Å². The number of hydrogen-bond donors (Lipinski definition) is 1. The molecule has 3 heteroatoms. The van der Waals surface area contributed by atoms with Crippen LogP contribution in [0.4, 0.5) is 0 Å². The zero-order valence-electron chi connectivity index (χ0n) is 7.51. The number of hydrogen-bond acceptors (Lipinski definition) is 1. The Morgan fingerprint density at radius 1 is 1.38 bits per heavy atom. The van der Waals surface area contributed by atoms with E-state index < -0.39 is 0 Å². The van der Waals surface area contributed by atoms with E-state index in [1.165, 1.54) is 6.92 Å². The molecule has 0 aromatic rings. The van der Waals surface area contributed by atoms with Crippen LogP contribution >= 0.6 is 15.9 Å². The maximum Gasteiger partial charge on any atom is 0.221 e. The minimum absolute atomic E-state index is 0.0309. The lowest BCUT2D eigenvalue weighted by Gasteiger charge is -2.04. The maximum atomic E-state index is 10.8. The third kappa shape index (κ3) is 4.08. The van der Waals surface area contributed by atoms with E-state index in [0.29, 0.717) is 0 Å². The Morgan fingerprint density at radius 2 is 2.08 bits per heavy atom. The van der Waals surface area contributed by atoms with Crippen LogP contribution in [0, 0.1) is 0 Å². The first-order chi connectivity index (χ1) is 6.18. The lowest BCUT2D eigenvalue weighted by atomic mass is 10.2. The van der Waals surface area contributed by atoms with Gasteiger partial charge in [0.05, 0.1) is 0 Å². The van der Waals surface area contributed by atoms with Gasteiger partial charge in [-0.1, -0.05) is 28.1 Å². The standard InChI is InChI=1S/C10H12BrNO/c1-8(13)12-10-5-3-2-4-9(11)6-7-10/h4-7H,2-3H2,1H3,(H,12,13)/b7-6-,9-4-,10-5+. The fourth-order valence-electron chi connectivity index (χ4n) is 1.06. The molecule has 0 fully saturated rings.